The predicted octanol–water partition coefficient (Wildman–Crippen LogP) is 2.74. The average molecular weight is 240 g/mol. The number of para-hydroxylation sites is 2. The first-order chi connectivity index (χ1) is 7.37. The third kappa shape index (κ3) is 2.21. The van der Waals surface area contributed by atoms with Crippen molar-refractivity contribution in [3.05, 3.63) is 35.9 Å². The Kier molecular flexibility index (Phi) is 2.48. The molecular formula is C12H17O3P. The standard InChI is InChI=1S/C12H17O3P/c1-10-7-8-16(2,14,9-10)15-12-6-4-3-5-11(12)13/h3-7,13-14H,8-9H2,1-2H3. The molecule has 2 rings (SSSR count). The molecule has 0 radical (unpaired) electrons. The number of benzene rings is 1. The van der Waals surface area contributed by atoms with Gasteiger partial charge in [-0.15, -0.1) is 0 Å². The van der Waals surface area contributed by atoms with Crippen LogP contribution in [0.2, 0.25) is 0 Å². The average Bonchev–Trinajstić information content (AvgIpc) is 2.46. The Morgan fingerprint density at radius 2 is 2.00 bits per heavy atom. The molecule has 0 saturated carbocycles. The van der Waals surface area contributed by atoms with E-state index in [0.29, 0.717) is 18.1 Å². The van der Waals surface area contributed by atoms with Gasteiger partial charge in [-0.25, -0.2) is 0 Å². The molecule has 1 aromatic carbocycles. The summed E-state index contributed by atoms with van der Waals surface area (Å²) in [5.74, 6) is 0.445. The fourth-order valence-electron chi connectivity index (χ4n) is 2.04. The Balaban J connectivity index is 2.26. The van der Waals surface area contributed by atoms with Crippen LogP contribution < -0.4 is 4.52 Å². The minimum atomic E-state index is -3.15. The van der Waals surface area contributed by atoms with E-state index in [-0.39, 0.29) is 5.75 Å². The van der Waals surface area contributed by atoms with Gasteiger partial charge in [0, 0.05) is 0 Å². The van der Waals surface area contributed by atoms with Crippen LogP contribution >= 0.6 is 7.06 Å². The molecule has 1 aromatic rings. The monoisotopic (exact) mass is 240 g/mol. The molecule has 16 heavy (non-hydrogen) atoms. The summed E-state index contributed by atoms with van der Waals surface area (Å²) in [5.41, 5.74) is 1.15. The first-order valence-corrected chi connectivity index (χ1v) is 8.19. The van der Waals surface area contributed by atoms with Crippen molar-refractivity contribution in [1.82, 2.24) is 0 Å². The number of hydrogen-bond donors (Lipinski definition) is 2. The van der Waals surface area contributed by atoms with Crippen LogP contribution in [0.4, 0.5) is 0 Å². The molecule has 1 aliphatic rings. The van der Waals surface area contributed by atoms with Crippen molar-refractivity contribution >= 4 is 7.06 Å². The van der Waals surface area contributed by atoms with Crippen LogP contribution in [-0.2, 0) is 0 Å². The van der Waals surface area contributed by atoms with Crippen molar-refractivity contribution in [2.45, 2.75) is 6.92 Å². The van der Waals surface area contributed by atoms with E-state index in [2.05, 4.69) is 0 Å². The molecule has 0 aliphatic carbocycles. The summed E-state index contributed by atoms with van der Waals surface area (Å²) in [6.07, 6.45) is 3.16. The summed E-state index contributed by atoms with van der Waals surface area (Å²) in [5, 5.41) is 9.63. The number of phenols is 1. The SMILES string of the molecule is CC1=CCP(C)(O)(Oc2ccccc2O)C1. The van der Waals surface area contributed by atoms with Gasteiger partial charge in [0.25, 0.3) is 0 Å². The van der Waals surface area contributed by atoms with E-state index in [0.717, 1.165) is 5.57 Å². The van der Waals surface area contributed by atoms with E-state index in [1.807, 2.05) is 13.0 Å². The molecule has 0 saturated heterocycles. The Morgan fingerprint density at radius 3 is 2.56 bits per heavy atom. The number of rotatable bonds is 2. The second-order valence-electron chi connectivity index (χ2n) is 4.81. The normalized spacial score (nSPS) is 24.2. The first kappa shape index (κ1) is 11.4. The van der Waals surface area contributed by atoms with Gasteiger partial charge in [-0.1, -0.05) is 0 Å². The van der Waals surface area contributed by atoms with Crippen molar-refractivity contribution in [3.63, 3.8) is 0 Å². The van der Waals surface area contributed by atoms with E-state index < -0.39 is 7.06 Å². The van der Waals surface area contributed by atoms with Crippen LogP contribution in [0, 0.1) is 0 Å². The topological polar surface area (TPSA) is 49.7 Å². The molecule has 88 valence electrons. The van der Waals surface area contributed by atoms with Crippen molar-refractivity contribution in [2.24, 2.45) is 0 Å². The zero-order chi connectivity index (χ0) is 11.8. The van der Waals surface area contributed by atoms with Gasteiger partial charge in [0.2, 0.25) is 0 Å². The summed E-state index contributed by atoms with van der Waals surface area (Å²) >= 11 is 0. The fourth-order valence-corrected chi connectivity index (χ4v) is 5.22. The van der Waals surface area contributed by atoms with E-state index in [9.17, 15) is 10.00 Å². The zero-order valence-electron chi connectivity index (χ0n) is 9.55. The van der Waals surface area contributed by atoms with Gasteiger partial charge in [-0.3, -0.25) is 0 Å². The quantitative estimate of drug-likeness (QED) is 0.617. The number of phenolic OH excluding ortho intramolecular Hbond substituents is 1. The Labute approximate surface area is 95.5 Å². The van der Waals surface area contributed by atoms with Gasteiger partial charge >= 0.3 is 94.9 Å². The molecule has 0 atom stereocenters. The molecule has 0 amide bonds. The molecular weight excluding hydrogens is 223 g/mol. The molecule has 0 unspecified atom stereocenters. The van der Waals surface area contributed by atoms with E-state index in [4.69, 9.17) is 4.52 Å². The van der Waals surface area contributed by atoms with Crippen molar-refractivity contribution in [2.75, 3.05) is 19.0 Å². The second kappa shape index (κ2) is 3.47. The number of allylic oxidation sites excluding steroid dienone is 2. The fraction of sp³-hybridized carbons (Fsp3) is 0.333. The molecule has 0 bridgehead atoms. The Bertz CT molecular complexity index is 451. The van der Waals surface area contributed by atoms with Gasteiger partial charge in [0.1, 0.15) is 0 Å². The molecule has 0 spiro atoms. The van der Waals surface area contributed by atoms with E-state index in [1.165, 1.54) is 0 Å². The van der Waals surface area contributed by atoms with Gasteiger partial charge in [0.05, 0.1) is 0 Å². The summed E-state index contributed by atoms with van der Waals surface area (Å²) in [7, 11) is -3.15. The van der Waals surface area contributed by atoms with E-state index >= 15 is 0 Å². The van der Waals surface area contributed by atoms with Crippen LogP contribution in [0.1, 0.15) is 6.92 Å². The second-order valence-corrected chi connectivity index (χ2v) is 9.40. The van der Waals surface area contributed by atoms with Gasteiger partial charge in [-0.05, 0) is 0 Å². The van der Waals surface area contributed by atoms with Crippen molar-refractivity contribution < 1.29 is 14.5 Å². The summed E-state index contributed by atoms with van der Waals surface area (Å²) < 4.78 is 5.74. The number of hydrogen-bond acceptors (Lipinski definition) is 3. The van der Waals surface area contributed by atoms with Crippen molar-refractivity contribution in [1.29, 1.82) is 0 Å². The third-order valence-electron chi connectivity index (χ3n) is 2.79. The molecule has 1 heterocycles. The molecule has 4 heteroatoms. The van der Waals surface area contributed by atoms with Crippen LogP contribution in [-0.4, -0.2) is 29.0 Å². The first-order valence-electron chi connectivity index (χ1n) is 5.27. The predicted molar refractivity (Wildman–Crippen MR) is 67.3 cm³/mol. The van der Waals surface area contributed by atoms with Crippen molar-refractivity contribution in [3.8, 4) is 11.5 Å². The molecule has 2 N–H and O–H groups in total. The zero-order valence-corrected chi connectivity index (χ0v) is 10.4. The van der Waals surface area contributed by atoms with Crippen LogP contribution in [0.25, 0.3) is 0 Å². The van der Waals surface area contributed by atoms with E-state index in [1.54, 1.807) is 30.9 Å². The van der Waals surface area contributed by atoms with Gasteiger partial charge in [-0.2, -0.15) is 0 Å². The Hall–Kier alpha value is -1.05. The Morgan fingerprint density at radius 1 is 1.31 bits per heavy atom. The van der Waals surface area contributed by atoms with Crippen LogP contribution in [0.15, 0.2) is 35.9 Å². The third-order valence-corrected chi connectivity index (χ3v) is 5.93. The molecule has 0 fully saturated rings. The van der Waals surface area contributed by atoms with Crippen LogP contribution in [0.5, 0.6) is 11.5 Å². The van der Waals surface area contributed by atoms with Gasteiger partial charge < -0.3 is 0 Å². The molecule has 1 aliphatic heterocycles. The minimum absolute atomic E-state index is 0.0759. The van der Waals surface area contributed by atoms with Crippen LogP contribution in [0.3, 0.4) is 0 Å². The summed E-state index contributed by atoms with van der Waals surface area (Å²) in [6, 6.07) is 6.75. The summed E-state index contributed by atoms with van der Waals surface area (Å²) in [6.45, 7) is 3.77. The maximum absolute atomic E-state index is 10.6. The maximum atomic E-state index is 10.6. The molecule has 0 aromatic heterocycles. The number of aromatic hydroxyl groups is 1. The molecule has 3 nitrogen and oxygen atoms in total. The van der Waals surface area contributed by atoms with Gasteiger partial charge in [0.15, 0.2) is 0 Å². The summed E-state index contributed by atoms with van der Waals surface area (Å²) in [4.78, 5) is 10.6.